The molecule has 1 aromatic heterocycles. The lowest BCUT2D eigenvalue weighted by Gasteiger charge is -2.28. The van der Waals surface area contributed by atoms with Crippen molar-refractivity contribution in [3.63, 3.8) is 0 Å². The smallest absolute Gasteiger partial charge is 0.246 e. The van der Waals surface area contributed by atoms with Crippen LogP contribution in [0.4, 0.5) is 0 Å². The molecule has 0 saturated carbocycles. The van der Waals surface area contributed by atoms with Gasteiger partial charge in [-0.05, 0) is 43.2 Å². The first-order chi connectivity index (χ1) is 7.70. The highest BCUT2D eigenvalue weighted by Crippen LogP contribution is 2.31. The average molecular weight is 258 g/mol. The van der Waals surface area contributed by atoms with Gasteiger partial charge in [0.2, 0.25) is 5.91 Å². The van der Waals surface area contributed by atoms with Gasteiger partial charge in [-0.1, -0.05) is 0 Å². The number of likely N-dealkylation sites (tertiary alicyclic amines) is 1. The van der Waals surface area contributed by atoms with E-state index in [4.69, 9.17) is 11.6 Å². The van der Waals surface area contributed by atoms with Crippen molar-refractivity contribution in [1.82, 2.24) is 4.90 Å². The summed E-state index contributed by atoms with van der Waals surface area (Å²) in [7, 11) is 0. The molecule has 4 heteroatoms. The van der Waals surface area contributed by atoms with E-state index in [1.165, 1.54) is 6.42 Å². The van der Waals surface area contributed by atoms with Crippen LogP contribution in [-0.2, 0) is 4.79 Å². The molecule has 0 aromatic carbocycles. The Kier molecular flexibility index (Phi) is 3.87. The Balaban J connectivity index is 2.06. The van der Waals surface area contributed by atoms with E-state index in [1.54, 1.807) is 11.3 Å². The van der Waals surface area contributed by atoms with Crippen molar-refractivity contribution in [3.05, 3.63) is 21.9 Å². The highest BCUT2D eigenvalue weighted by molar-refractivity contribution is 7.10. The van der Waals surface area contributed by atoms with Gasteiger partial charge in [-0.15, -0.1) is 22.9 Å². The van der Waals surface area contributed by atoms with Crippen molar-refractivity contribution in [2.24, 2.45) is 0 Å². The Hall–Kier alpha value is -0.540. The van der Waals surface area contributed by atoms with Gasteiger partial charge >= 0.3 is 0 Å². The summed E-state index contributed by atoms with van der Waals surface area (Å²) in [5.41, 5.74) is 1.12. The zero-order chi connectivity index (χ0) is 11.5. The molecule has 1 unspecified atom stereocenters. The molecule has 2 nitrogen and oxygen atoms in total. The van der Waals surface area contributed by atoms with Gasteiger partial charge in [0, 0.05) is 18.0 Å². The Labute approximate surface area is 105 Å². The van der Waals surface area contributed by atoms with E-state index in [-0.39, 0.29) is 5.91 Å². The second-order valence-corrected chi connectivity index (χ2v) is 5.60. The molecule has 1 saturated heterocycles. The van der Waals surface area contributed by atoms with Crippen LogP contribution >= 0.6 is 22.9 Å². The standard InChI is InChI=1S/C12H16ClNOS/c1-9-5-8-16-11(9)10(13)12(15)14-6-3-2-4-7-14/h5,8,10H,2-4,6-7H2,1H3. The number of carbonyl (C=O) groups is 1. The summed E-state index contributed by atoms with van der Waals surface area (Å²) >= 11 is 7.83. The van der Waals surface area contributed by atoms with E-state index >= 15 is 0 Å². The molecule has 2 rings (SSSR count). The van der Waals surface area contributed by atoms with Gasteiger partial charge in [-0.3, -0.25) is 4.79 Å². The summed E-state index contributed by atoms with van der Waals surface area (Å²) in [6, 6.07) is 2.01. The molecule has 1 aliphatic rings. The third kappa shape index (κ3) is 2.41. The van der Waals surface area contributed by atoms with Crippen molar-refractivity contribution in [2.75, 3.05) is 13.1 Å². The number of carbonyl (C=O) groups excluding carboxylic acids is 1. The lowest BCUT2D eigenvalue weighted by atomic mass is 10.1. The fraction of sp³-hybridized carbons (Fsp3) is 0.583. The molecule has 88 valence electrons. The van der Waals surface area contributed by atoms with Gasteiger partial charge in [-0.2, -0.15) is 0 Å². The number of thiophene rings is 1. The lowest BCUT2D eigenvalue weighted by molar-refractivity contribution is -0.131. The molecule has 0 radical (unpaired) electrons. The Bertz CT molecular complexity index is 371. The number of hydrogen-bond acceptors (Lipinski definition) is 2. The van der Waals surface area contributed by atoms with Crippen LogP contribution in [0, 0.1) is 6.92 Å². The second-order valence-electron chi connectivity index (χ2n) is 4.22. The van der Waals surface area contributed by atoms with Gasteiger partial charge < -0.3 is 4.90 Å². The summed E-state index contributed by atoms with van der Waals surface area (Å²) in [5.74, 6) is 0.0758. The third-order valence-corrected chi connectivity index (χ3v) is 4.63. The molecule has 0 aliphatic carbocycles. The molecule has 16 heavy (non-hydrogen) atoms. The maximum Gasteiger partial charge on any atom is 0.246 e. The predicted octanol–water partition coefficient (Wildman–Crippen LogP) is 3.35. The van der Waals surface area contributed by atoms with Crippen molar-refractivity contribution in [1.29, 1.82) is 0 Å². The van der Waals surface area contributed by atoms with Crippen LogP contribution in [0.2, 0.25) is 0 Å². The highest BCUT2D eigenvalue weighted by atomic mass is 35.5. The predicted molar refractivity (Wildman–Crippen MR) is 68.1 cm³/mol. The van der Waals surface area contributed by atoms with Gasteiger partial charge in [0.25, 0.3) is 0 Å². The summed E-state index contributed by atoms with van der Waals surface area (Å²) in [4.78, 5) is 15.0. The fourth-order valence-corrected chi connectivity index (χ4v) is 3.39. The highest BCUT2D eigenvalue weighted by Gasteiger charge is 2.26. The van der Waals surface area contributed by atoms with E-state index in [0.717, 1.165) is 36.4 Å². The van der Waals surface area contributed by atoms with E-state index in [2.05, 4.69) is 0 Å². The van der Waals surface area contributed by atoms with Crippen LogP contribution in [0.3, 0.4) is 0 Å². The van der Waals surface area contributed by atoms with Crippen molar-refractivity contribution in [3.8, 4) is 0 Å². The number of alkyl halides is 1. The maximum absolute atomic E-state index is 12.1. The van der Waals surface area contributed by atoms with Crippen LogP contribution in [0.15, 0.2) is 11.4 Å². The SMILES string of the molecule is Cc1ccsc1C(Cl)C(=O)N1CCCCC1. The van der Waals surface area contributed by atoms with Crippen LogP contribution in [0.5, 0.6) is 0 Å². The minimum Gasteiger partial charge on any atom is -0.341 e. The first-order valence-corrected chi connectivity index (χ1v) is 6.98. The van der Waals surface area contributed by atoms with Gasteiger partial charge in [-0.25, -0.2) is 0 Å². The summed E-state index contributed by atoms with van der Waals surface area (Å²) < 4.78 is 0. The zero-order valence-corrected chi connectivity index (χ0v) is 11.0. The number of amides is 1. The van der Waals surface area contributed by atoms with Crippen molar-refractivity contribution < 1.29 is 4.79 Å². The number of piperidine rings is 1. The monoisotopic (exact) mass is 257 g/mol. The molecule has 1 aromatic rings. The summed E-state index contributed by atoms with van der Waals surface area (Å²) in [6.45, 7) is 3.74. The van der Waals surface area contributed by atoms with Gasteiger partial charge in [0.15, 0.2) is 0 Å². The van der Waals surface area contributed by atoms with E-state index in [0.29, 0.717) is 0 Å². The number of aryl methyl sites for hydroxylation is 1. The first kappa shape index (κ1) is 11.9. The van der Waals surface area contributed by atoms with E-state index < -0.39 is 5.38 Å². The molecular formula is C12H16ClNOS. The number of hydrogen-bond donors (Lipinski definition) is 0. The molecule has 0 spiro atoms. The average Bonchev–Trinajstić information content (AvgIpc) is 2.75. The van der Waals surface area contributed by atoms with Crippen LogP contribution in [0.25, 0.3) is 0 Å². The molecule has 2 heterocycles. The summed E-state index contributed by atoms with van der Waals surface area (Å²) in [5, 5.41) is 1.50. The van der Waals surface area contributed by atoms with Gasteiger partial charge in [0.1, 0.15) is 5.38 Å². The van der Waals surface area contributed by atoms with E-state index in [9.17, 15) is 4.79 Å². The largest absolute Gasteiger partial charge is 0.341 e. The minimum absolute atomic E-state index is 0.0758. The molecule has 1 atom stereocenters. The normalized spacial score (nSPS) is 18.5. The van der Waals surface area contributed by atoms with E-state index in [1.807, 2.05) is 23.3 Å². The molecule has 1 aliphatic heterocycles. The molecule has 1 fully saturated rings. The first-order valence-electron chi connectivity index (χ1n) is 5.67. The Morgan fingerprint density at radius 2 is 2.12 bits per heavy atom. The van der Waals surface area contributed by atoms with Gasteiger partial charge in [0.05, 0.1) is 0 Å². The van der Waals surface area contributed by atoms with Crippen LogP contribution in [-0.4, -0.2) is 23.9 Å². The number of halogens is 1. The second kappa shape index (κ2) is 5.19. The van der Waals surface area contributed by atoms with Crippen LogP contribution < -0.4 is 0 Å². The molecule has 0 N–H and O–H groups in total. The van der Waals surface area contributed by atoms with Crippen molar-refractivity contribution in [2.45, 2.75) is 31.6 Å². The molecule has 1 amide bonds. The quantitative estimate of drug-likeness (QED) is 0.744. The fourth-order valence-electron chi connectivity index (χ4n) is 2.03. The maximum atomic E-state index is 12.1. The zero-order valence-electron chi connectivity index (χ0n) is 9.41. The minimum atomic E-state index is -0.488. The third-order valence-electron chi connectivity index (χ3n) is 3.02. The Morgan fingerprint density at radius 3 is 2.69 bits per heavy atom. The number of nitrogens with zero attached hydrogens (tertiary/aromatic N) is 1. The molecule has 0 bridgehead atoms. The van der Waals surface area contributed by atoms with Crippen molar-refractivity contribution >= 4 is 28.8 Å². The molecular weight excluding hydrogens is 242 g/mol. The summed E-state index contributed by atoms with van der Waals surface area (Å²) in [6.07, 6.45) is 3.45. The topological polar surface area (TPSA) is 20.3 Å². The number of rotatable bonds is 2. The Morgan fingerprint density at radius 1 is 1.44 bits per heavy atom. The van der Waals surface area contributed by atoms with Crippen LogP contribution in [0.1, 0.15) is 35.1 Å². The lowest BCUT2D eigenvalue weighted by Crippen LogP contribution is -2.37.